The van der Waals surface area contributed by atoms with E-state index in [0.717, 1.165) is 0 Å². The highest BCUT2D eigenvalue weighted by Crippen LogP contribution is 2.37. The number of likely N-dealkylation sites (tertiary alicyclic amines) is 1. The molecule has 1 saturated heterocycles. The van der Waals surface area contributed by atoms with Gasteiger partial charge in [0, 0.05) is 12.1 Å². The molecule has 3 rings (SSSR count). The van der Waals surface area contributed by atoms with Gasteiger partial charge in [0.05, 0.1) is 12.9 Å². The molecule has 0 unspecified atom stereocenters. The maximum atomic E-state index is 13.3. The highest BCUT2D eigenvalue weighted by atomic mass is 16.5. The summed E-state index contributed by atoms with van der Waals surface area (Å²) in [5, 5.41) is 0. The predicted molar refractivity (Wildman–Crippen MR) is 103 cm³/mol. The molecule has 0 N–H and O–H groups in total. The van der Waals surface area contributed by atoms with Crippen molar-refractivity contribution in [2.45, 2.75) is 26.2 Å². The number of carbonyl (C=O) groups excluding carboxylic acids is 3. The SMILES string of the molecule is CCOC(=O)[C@@]1(CC=Cc2ccco2)CCCN(C(=O)c2ccccc2)C1=O. The Balaban J connectivity index is 1.88. The fourth-order valence-electron chi connectivity index (χ4n) is 3.43. The van der Waals surface area contributed by atoms with Crippen molar-refractivity contribution in [3.63, 3.8) is 0 Å². The molecule has 2 heterocycles. The van der Waals surface area contributed by atoms with Gasteiger partial charge in [-0.3, -0.25) is 19.3 Å². The summed E-state index contributed by atoms with van der Waals surface area (Å²) in [5.41, 5.74) is -0.983. The third-order valence-electron chi connectivity index (χ3n) is 4.86. The predicted octanol–water partition coefficient (Wildman–Crippen LogP) is 3.70. The first-order valence-corrected chi connectivity index (χ1v) is 9.37. The van der Waals surface area contributed by atoms with Crippen LogP contribution in [0.4, 0.5) is 0 Å². The number of ether oxygens (including phenoxy) is 1. The highest BCUT2D eigenvalue weighted by molar-refractivity contribution is 6.13. The van der Waals surface area contributed by atoms with E-state index in [-0.39, 0.29) is 19.6 Å². The van der Waals surface area contributed by atoms with Gasteiger partial charge in [0.25, 0.3) is 5.91 Å². The summed E-state index contributed by atoms with van der Waals surface area (Å²) in [6.45, 7) is 2.16. The van der Waals surface area contributed by atoms with Crippen molar-refractivity contribution in [1.82, 2.24) is 4.90 Å². The molecule has 0 aliphatic carbocycles. The smallest absolute Gasteiger partial charge is 0.321 e. The Labute approximate surface area is 163 Å². The van der Waals surface area contributed by atoms with Gasteiger partial charge in [-0.05, 0) is 56.5 Å². The Bertz CT molecular complexity index is 856. The van der Waals surface area contributed by atoms with Crippen LogP contribution in [-0.4, -0.2) is 35.8 Å². The molecule has 1 aliphatic heterocycles. The first-order valence-electron chi connectivity index (χ1n) is 9.37. The van der Waals surface area contributed by atoms with Crippen LogP contribution < -0.4 is 0 Å². The Hall–Kier alpha value is -3.15. The Kier molecular flexibility index (Phi) is 6.09. The number of esters is 1. The van der Waals surface area contributed by atoms with Crippen LogP contribution in [0.2, 0.25) is 0 Å². The third-order valence-corrected chi connectivity index (χ3v) is 4.86. The molecule has 146 valence electrons. The van der Waals surface area contributed by atoms with Gasteiger partial charge in [-0.15, -0.1) is 0 Å². The van der Waals surface area contributed by atoms with Crippen molar-refractivity contribution in [2.75, 3.05) is 13.2 Å². The molecule has 28 heavy (non-hydrogen) atoms. The molecule has 0 radical (unpaired) electrons. The maximum Gasteiger partial charge on any atom is 0.321 e. The monoisotopic (exact) mass is 381 g/mol. The zero-order chi connectivity index (χ0) is 20.0. The number of amides is 2. The Morgan fingerprint density at radius 3 is 2.68 bits per heavy atom. The molecule has 0 bridgehead atoms. The molecule has 1 aromatic heterocycles. The second kappa shape index (κ2) is 8.69. The van der Waals surface area contributed by atoms with E-state index in [0.29, 0.717) is 24.2 Å². The first-order chi connectivity index (χ1) is 13.6. The van der Waals surface area contributed by atoms with E-state index >= 15 is 0 Å². The number of carbonyl (C=O) groups is 3. The van der Waals surface area contributed by atoms with Gasteiger partial charge in [-0.2, -0.15) is 0 Å². The summed E-state index contributed by atoms with van der Waals surface area (Å²) in [5.74, 6) is -0.863. The lowest BCUT2D eigenvalue weighted by atomic mass is 9.75. The fraction of sp³-hybridized carbons (Fsp3) is 0.318. The lowest BCUT2D eigenvalue weighted by molar-refractivity contribution is -0.166. The molecule has 6 heteroatoms. The lowest BCUT2D eigenvalue weighted by Crippen LogP contribution is -2.55. The second-order valence-electron chi connectivity index (χ2n) is 6.66. The van der Waals surface area contributed by atoms with E-state index < -0.39 is 23.2 Å². The average Bonchev–Trinajstić information content (AvgIpc) is 3.23. The summed E-state index contributed by atoms with van der Waals surface area (Å²) in [4.78, 5) is 40.1. The van der Waals surface area contributed by atoms with E-state index in [1.807, 2.05) is 0 Å². The standard InChI is InChI=1S/C22H23NO5/c1-2-27-21(26)22(13-6-11-18-12-7-16-28-18)14-8-15-23(20(22)25)19(24)17-9-4-3-5-10-17/h3-7,9-12,16H,2,8,13-15H2,1H3/t22-/m0/s1. The molecule has 2 aromatic rings. The minimum atomic E-state index is -1.40. The number of piperidine rings is 1. The second-order valence-corrected chi connectivity index (χ2v) is 6.66. The van der Waals surface area contributed by atoms with Crippen LogP contribution in [-0.2, 0) is 14.3 Å². The maximum absolute atomic E-state index is 13.3. The molecule has 2 amide bonds. The van der Waals surface area contributed by atoms with Crippen molar-refractivity contribution in [1.29, 1.82) is 0 Å². The third kappa shape index (κ3) is 3.91. The van der Waals surface area contributed by atoms with Crippen LogP contribution in [0.25, 0.3) is 6.08 Å². The fourth-order valence-corrected chi connectivity index (χ4v) is 3.43. The number of hydrogen-bond acceptors (Lipinski definition) is 5. The number of allylic oxidation sites excluding steroid dienone is 1. The lowest BCUT2D eigenvalue weighted by Gasteiger charge is -2.38. The zero-order valence-corrected chi connectivity index (χ0v) is 15.8. The van der Waals surface area contributed by atoms with E-state index in [1.54, 1.807) is 67.8 Å². The molecule has 0 spiro atoms. The van der Waals surface area contributed by atoms with E-state index in [4.69, 9.17) is 9.15 Å². The summed E-state index contributed by atoms with van der Waals surface area (Å²) >= 11 is 0. The van der Waals surface area contributed by atoms with Crippen LogP contribution >= 0.6 is 0 Å². The van der Waals surface area contributed by atoms with E-state index in [2.05, 4.69) is 0 Å². The van der Waals surface area contributed by atoms with Crippen molar-refractivity contribution in [2.24, 2.45) is 5.41 Å². The van der Waals surface area contributed by atoms with Crippen LogP contribution in [0, 0.1) is 5.41 Å². The van der Waals surface area contributed by atoms with Crippen LogP contribution in [0.15, 0.2) is 59.2 Å². The molecular weight excluding hydrogens is 358 g/mol. The van der Waals surface area contributed by atoms with Crippen molar-refractivity contribution >= 4 is 23.9 Å². The first kappa shape index (κ1) is 19.6. The summed E-state index contributed by atoms with van der Waals surface area (Å²) in [7, 11) is 0. The minimum absolute atomic E-state index is 0.143. The van der Waals surface area contributed by atoms with Gasteiger partial charge in [-0.25, -0.2) is 0 Å². The highest BCUT2D eigenvalue weighted by Gasteiger charge is 2.52. The Morgan fingerprint density at radius 2 is 2.00 bits per heavy atom. The van der Waals surface area contributed by atoms with E-state index in [1.165, 1.54) is 4.90 Å². The van der Waals surface area contributed by atoms with Crippen molar-refractivity contribution in [3.05, 3.63) is 66.1 Å². The van der Waals surface area contributed by atoms with Gasteiger partial charge in [0.1, 0.15) is 5.76 Å². The molecule has 1 atom stereocenters. The molecular formula is C22H23NO5. The molecule has 0 saturated carbocycles. The van der Waals surface area contributed by atoms with Crippen LogP contribution in [0.1, 0.15) is 42.3 Å². The van der Waals surface area contributed by atoms with Crippen molar-refractivity contribution in [3.8, 4) is 0 Å². The van der Waals surface area contributed by atoms with Crippen LogP contribution in [0.5, 0.6) is 0 Å². The molecule has 6 nitrogen and oxygen atoms in total. The van der Waals surface area contributed by atoms with Crippen LogP contribution in [0.3, 0.4) is 0 Å². The minimum Gasteiger partial charge on any atom is -0.465 e. The number of benzene rings is 1. The number of hydrogen-bond donors (Lipinski definition) is 0. The summed E-state index contributed by atoms with van der Waals surface area (Å²) in [6.07, 6.45) is 6.01. The van der Waals surface area contributed by atoms with Gasteiger partial charge in [0.15, 0.2) is 5.41 Å². The van der Waals surface area contributed by atoms with Gasteiger partial charge in [-0.1, -0.05) is 24.3 Å². The number of rotatable bonds is 6. The van der Waals surface area contributed by atoms with Gasteiger partial charge >= 0.3 is 5.97 Å². The topological polar surface area (TPSA) is 76.8 Å². The largest absolute Gasteiger partial charge is 0.465 e. The summed E-state index contributed by atoms with van der Waals surface area (Å²) < 4.78 is 10.5. The van der Waals surface area contributed by atoms with E-state index in [9.17, 15) is 14.4 Å². The Morgan fingerprint density at radius 1 is 1.21 bits per heavy atom. The number of furan rings is 1. The molecule has 1 fully saturated rings. The van der Waals surface area contributed by atoms with Gasteiger partial charge in [0.2, 0.25) is 5.91 Å². The number of imide groups is 1. The number of nitrogens with zero attached hydrogens (tertiary/aromatic N) is 1. The molecule has 1 aliphatic rings. The normalized spacial score (nSPS) is 19.8. The van der Waals surface area contributed by atoms with Crippen molar-refractivity contribution < 1.29 is 23.5 Å². The quantitative estimate of drug-likeness (QED) is 0.433. The molecule has 1 aromatic carbocycles. The zero-order valence-electron chi connectivity index (χ0n) is 15.8. The average molecular weight is 381 g/mol. The summed E-state index contributed by atoms with van der Waals surface area (Å²) in [6, 6.07) is 12.1. The van der Waals surface area contributed by atoms with Gasteiger partial charge < -0.3 is 9.15 Å².